The third-order valence-corrected chi connectivity index (χ3v) is 4.15. The van der Waals surface area contributed by atoms with Crippen LogP contribution in [0.4, 0.5) is 13.2 Å². The van der Waals surface area contributed by atoms with Crippen LogP contribution in [0.15, 0.2) is 4.99 Å². The molecule has 0 aromatic rings. The maximum Gasteiger partial charge on any atom is 0.401 e. The van der Waals surface area contributed by atoms with E-state index in [0.29, 0.717) is 26.2 Å². The van der Waals surface area contributed by atoms with Crippen LogP contribution < -0.4 is 5.32 Å². The number of guanidine groups is 1. The van der Waals surface area contributed by atoms with Crippen LogP contribution in [0.2, 0.25) is 0 Å². The first-order chi connectivity index (χ1) is 11.3. The molecule has 24 heavy (non-hydrogen) atoms. The highest BCUT2D eigenvalue weighted by molar-refractivity contribution is 5.80. The molecule has 1 aliphatic rings. The number of rotatable bonds is 8. The Bertz CT molecular complexity index is 390. The second kappa shape index (κ2) is 10.1. The number of halogens is 3. The summed E-state index contributed by atoms with van der Waals surface area (Å²) in [6, 6.07) is 0. The highest BCUT2D eigenvalue weighted by Gasteiger charge is 2.33. The smallest absolute Gasteiger partial charge is 0.396 e. The molecular weight excluding hydrogens is 321 g/mol. The lowest BCUT2D eigenvalue weighted by Crippen LogP contribution is -2.42. The van der Waals surface area contributed by atoms with Gasteiger partial charge in [-0.25, -0.2) is 0 Å². The van der Waals surface area contributed by atoms with Crippen molar-refractivity contribution in [1.82, 2.24) is 15.1 Å². The van der Waals surface area contributed by atoms with Crippen LogP contribution in [0.5, 0.6) is 0 Å². The molecule has 0 aromatic carbocycles. The Balaban J connectivity index is 2.57. The second-order valence-corrected chi connectivity index (χ2v) is 6.53. The van der Waals surface area contributed by atoms with Gasteiger partial charge < -0.3 is 15.3 Å². The van der Waals surface area contributed by atoms with Crippen LogP contribution >= 0.6 is 0 Å². The zero-order valence-corrected chi connectivity index (χ0v) is 14.9. The predicted molar refractivity (Wildman–Crippen MR) is 90.1 cm³/mol. The molecule has 0 aliphatic carbocycles. The van der Waals surface area contributed by atoms with Crippen molar-refractivity contribution in [2.75, 3.05) is 52.4 Å². The number of alkyl halides is 3. The average Bonchev–Trinajstić information content (AvgIpc) is 2.97. The topological polar surface area (TPSA) is 51.1 Å². The third kappa shape index (κ3) is 7.70. The highest BCUT2D eigenvalue weighted by atomic mass is 19.4. The summed E-state index contributed by atoms with van der Waals surface area (Å²) in [7, 11) is 0. The van der Waals surface area contributed by atoms with Gasteiger partial charge in [-0.15, -0.1) is 0 Å². The van der Waals surface area contributed by atoms with E-state index in [0.717, 1.165) is 25.5 Å². The molecule has 2 atom stereocenters. The number of hydrogen-bond acceptors (Lipinski definition) is 3. The predicted octanol–water partition coefficient (Wildman–Crippen LogP) is 1.79. The van der Waals surface area contributed by atoms with Crippen molar-refractivity contribution in [1.29, 1.82) is 0 Å². The van der Waals surface area contributed by atoms with Gasteiger partial charge in [0.2, 0.25) is 0 Å². The molecular formula is C16H31F3N4O. The maximum absolute atomic E-state index is 12.6. The molecule has 8 heteroatoms. The number of nitrogens with one attached hydrogen (secondary N) is 1. The molecule has 0 amide bonds. The Hall–Kier alpha value is -1.02. The zero-order chi connectivity index (χ0) is 18.2. The van der Waals surface area contributed by atoms with E-state index in [9.17, 15) is 13.2 Å². The van der Waals surface area contributed by atoms with Gasteiger partial charge in [-0.05, 0) is 31.7 Å². The highest BCUT2D eigenvalue weighted by Crippen LogP contribution is 2.21. The van der Waals surface area contributed by atoms with Crippen molar-refractivity contribution in [3.8, 4) is 0 Å². The van der Waals surface area contributed by atoms with Gasteiger partial charge in [0.15, 0.2) is 5.96 Å². The molecule has 1 rings (SSSR count). The minimum Gasteiger partial charge on any atom is -0.396 e. The van der Waals surface area contributed by atoms with Gasteiger partial charge in [-0.3, -0.25) is 9.89 Å². The normalized spacial score (nSPS) is 20.8. The molecule has 0 spiro atoms. The quantitative estimate of drug-likeness (QED) is 0.517. The van der Waals surface area contributed by atoms with Crippen molar-refractivity contribution < 1.29 is 18.3 Å². The summed E-state index contributed by atoms with van der Waals surface area (Å²) in [5.74, 6) is 1.10. The van der Waals surface area contributed by atoms with Crippen molar-refractivity contribution in [3.63, 3.8) is 0 Å². The first kappa shape index (κ1) is 21.0. The summed E-state index contributed by atoms with van der Waals surface area (Å²) in [6.45, 7) is 8.57. The van der Waals surface area contributed by atoms with E-state index in [-0.39, 0.29) is 18.4 Å². The Morgan fingerprint density at radius 2 is 2.12 bits per heavy atom. The van der Waals surface area contributed by atoms with Crippen LogP contribution in [-0.4, -0.2) is 79.5 Å². The number of likely N-dealkylation sites (tertiary alicyclic amines) is 1. The van der Waals surface area contributed by atoms with Gasteiger partial charge in [-0.1, -0.05) is 13.8 Å². The van der Waals surface area contributed by atoms with Gasteiger partial charge >= 0.3 is 6.18 Å². The summed E-state index contributed by atoms with van der Waals surface area (Å²) < 4.78 is 37.7. The van der Waals surface area contributed by atoms with E-state index in [1.54, 1.807) is 6.92 Å². The number of nitrogens with zero attached hydrogens (tertiary/aromatic N) is 3. The van der Waals surface area contributed by atoms with Crippen molar-refractivity contribution in [2.24, 2.45) is 16.8 Å². The van der Waals surface area contributed by atoms with E-state index in [4.69, 9.17) is 5.11 Å². The zero-order valence-electron chi connectivity index (χ0n) is 14.9. The van der Waals surface area contributed by atoms with E-state index < -0.39 is 12.7 Å². The Kier molecular flexibility index (Phi) is 8.83. The molecule has 0 aromatic heterocycles. The lowest BCUT2D eigenvalue weighted by atomic mass is 10.1. The molecule has 2 N–H and O–H groups in total. The summed E-state index contributed by atoms with van der Waals surface area (Å²) in [5.41, 5.74) is 0. The van der Waals surface area contributed by atoms with Crippen LogP contribution in [0, 0.1) is 11.8 Å². The van der Waals surface area contributed by atoms with Gasteiger partial charge in [0.25, 0.3) is 0 Å². The van der Waals surface area contributed by atoms with Crippen molar-refractivity contribution >= 4 is 5.96 Å². The molecule has 1 saturated heterocycles. The first-order valence-corrected chi connectivity index (χ1v) is 8.72. The lowest BCUT2D eigenvalue weighted by Gasteiger charge is -2.26. The van der Waals surface area contributed by atoms with Crippen LogP contribution in [-0.2, 0) is 0 Å². The monoisotopic (exact) mass is 352 g/mol. The molecule has 0 bridgehead atoms. The summed E-state index contributed by atoms with van der Waals surface area (Å²) in [6.07, 6.45) is -3.28. The maximum atomic E-state index is 12.6. The summed E-state index contributed by atoms with van der Waals surface area (Å²) in [5, 5.41) is 12.3. The number of aliphatic imine (C=N–C) groups is 1. The second-order valence-electron chi connectivity index (χ2n) is 6.53. The van der Waals surface area contributed by atoms with Crippen molar-refractivity contribution in [3.05, 3.63) is 0 Å². The fourth-order valence-electron chi connectivity index (χ4n) is 2.82. The molecule has 1 fully saturated rings. The average molecular weight is 352 g/mol. The fraction of sp³-hybridized carbons (Fsp3) is 0.938. The first-order valence-electron chi connectivity index (χ1n) is 8.72. The standard InChI is InChI=1S/C16H31F3N4O/c1-4-20-15(21-8-13(3)11-24)23-7-6-14(10-23)9-22(5-2)12-16(17,18)19/h13-14,24H,4-12H2,1-3H3,(H,20,21). The summed E-state index contributed by atoms with van der Waals surface area (Å²) in [4.78, 5) is 8.11. The van der Waals surface area contributed by atoms with Crippen LogP contribution in [0.1, 0.15) is 27.2 Å². The van der Waals surface area contributed by atoms with E-state index in [1.807, 2.05) is 13.8 Å². The minimum atomic E-state index is -4.15. The summed E-state index contributed by atoms with van der Waals surface area (Å²) >= 11 is 0. The Morgan fingerprint density at radius 3 is 2.67 bits per heavy atom. The molecule has 5 nitrogen and oxygen atoms in total. The van der Waals surface area contributed by atoms with Gasteiger partial charge in [0.1, 0.15) is 0 Å². The Labute approximate surface area is 142 Å². The van der Waals surface area contributed by atoms with E-state index in [1.165, 1.54) is 4.90 Å². The minimum absolute atomic E-state index is 0.0917. The molecule has 1 aliphatic heterocycles. The van der Waals surface area contributed by atoms with Crippen molar-refractivity contribution in [2.45, 2.75) is 33.4 Å². The number of aliphatic hydroxyl groups is 1. The van der Waals surface area contributed by atoms with Gasteiger partial charge in [0.05, 0.1) is 6.54 Å². The largest absolute Gasteiger partial charge is 0.401 e. The molecule has 0 saturated carbocycles. The van der Waals surface area contributed by atoms with E-state index >= 15 is 0 Å². The molecule has 2 unspecified atom stereocenters. The number of hydrogen-bond donors (Lipinski definition) is 2. The van der Waals surface area contributed by atoms with Gasteiger partial charge in [-0.2, -0.15) is 13.2 Å². The molecule has 1 heterocycles. The van der Waals surface area contributed by atoms with Crippen LogP contribution in [0.3, 0.4) is 0 Å². The molecule has 142 valence electrons. The number of aliphatic hydroxyl groups excluding tert-OH is 1. The molecule has 0 radical (unpaired) electrons. The fourth-order valence-corrected chi connectivity index (χ4v) is 2.82. The van der Waals surface area contributed by atoms with E-state index in [2.05, 4.69) is 15.2 Å². The third-order valence-electron chi connectivity index (χ3n) is 4.15. The Morgan fingerprint density at radius 1 is 1.42 bits per heavy atom. The van der Waals surface area contributed by atoms with Gasteiger partial charge in [0, 0.05) is 39.3 Å². The SMILES string of the molecule is CCNC(=NCC(C)CO)N1CCC(CN(CC)CC(F)(F)F)C1. The van der Waals surface area contributed by atoms with Crippen LogP contribution in [0.25, 0.3) is 0 Å². The lowest BCUT2D eigenvalue weighted by molar-refractivity contribution is -0.146.